The van der Waals surface area contributed by atoms with Crippen LogP contribution in [0.2, 0.25) is 0 Å². The minimum atomic E-state index is -4.70. The van der Waals surface area contributed by atoms with E-state index in [1.54, 1.807) is 30.3 Å². The van der Waals surface area contributed by atoms with Gasteiger partial charge >= 0.3 is 6.36 Å². The highest BCUT2D eigenvalue weighted by Gasteiger charge is 2.30. The first-order valence-electron chi connectivity index (χ1n) is 7.81. The molecule has 0 atom stereocenters. The van der Waals surface area contributed by atoms with E-state index in [-0.39, 0.29) is 11.3 Å². The first-order chi connectivity index (χ1) is 12.3. The molecule has 0 aliphatic rings. The zero-order chi connectivity index (χ0) is 18.7. The lowest BCUT2D eigenvalue weighted by molar-refractivity contribution is -0.274. The number of fused-ring (bicyclic) bond motifs is 1. The van der Waals surface area contributed by atoms with Crippen molar-refractivity contribution in [1.29, 1.82) is 0 Å². The van der Waals surface area contributed by atoms with Gasteiger partial charge in [-0.2, -0.15) is 0 Å². The highest BCUT2D eigenvalue weighted by Crippen LogP contribution is 2.23. The summed E-state index contributed by atoms with van der Waals surface area (Å²) in [5, 5.41) is 0.527. The summed E-state index contributed by atoms with van der Waals surface area (Å²) in [6, 6.07) is 12.7. The number of aromatic nitrogens is 2. The minimum absolute atomic E-state index is 0.201. The van der Waals surface area contributed by atoms with Gasteiger partial charge < -0.3 is 9.72 Å². The van der Waals surface area contributed by atoms with Gasteiger partial charge in [-0.05, 0) is 36.9 Å². The Balaban J connectivity index is 1.67. The SMILES string of the molecule is CN(Cc1ccc(OC(F)(F)F)cc1)Cc1nc2ccccc2c(=O)[nH]1. The first-order valence-corrected chi connectivity index (χ1v) is 7.81. The van der Waals surface area contributed by atoms with Crippen LogP contribution < -0.4 is 10.3 Å². The maximum atomic E-state index is 12.2. The van der Waals surface area contributed by atoms with Gasteiger partial charge in [0, 0.05) is 6.54 Å². The summed E-state index contributed by atoms with van der Waals surface area (Å²) in [5.41, 5.74) is 1.23. The van der Waals surface area contributed by atoms with Crippen LogP contribution in [0.5, 0.6) is 5.75 Å². The Morgan fingerprint density at radius 1 is 1.08 bits per heavy atom. The van der Waals surface area contributed by atoms with E-state index in [9.17, 15) is 18.0 Å². The Morgan fingerprint density at radius 2 is 1.77 bits per heavy atom. The van der Waals surface area contributed by atoms with Crippen LogP contribution in [-0.2, 0) is 13.1 Å². The number of ether oxygens (including phenoxy) is 1. The number of halogens is 3. The van der Waals surface area contributed by atoms with Gasteiger partial charge in [0.05, 0.1) is 17.4 Å². The molecule has 3 rings (SSSR count). The molecule has 3 aromatic rings. The van der Waals surface area contributed by atoms with Crippen LogP contribution in [-0.4, -0.2) is 28.3 Å². The number of nitrogens with one attached hydrogen (secondary N) is 1. The van der Waals surface area contributed by atoms with Crippen molar-refractivity contribution in [3.05, 3.63) is 70.3 Å². The highest BCUT2D eigenvalue weighted by molar-refractivity contribution is 5.77. The van der Waals surface area contributed by atoms with Gasteiger partial charge in [0.25, 0.3) is 5.56 Å². The Morgan fingerprint density at radius 3 is 2.46 bits per heavy atom. The maximum absolute atomic E-state index is 12.2. The molecular formula is C18H16F3N3O2. The van der Waals surface area contributed by atoms with E-state index in [4.69, 9.17) is 0 Å². The number of para-hydroxylation sites is 1. The summed E-state index contributed by atoms with van der Waals surface area (Å²) < 4.78 is 40.4. The number of nitrogens with zero attached hydrogens (tertiary/aromatic N) is 2. The molecule has 0 bridgehead atoms. The van der Waals surface area contributed by atoms with Gasteiger partial charge in [0.15, 0.2) is 0 Å². The summed E-state index contributed by atoms with van der Waals surface area (Å²) in [7, 11) is 1.83. The highest BCUT2D eigenvalue weighted by atomic mass is 19.4. The predicted molar refractivity (Wildman–Crippen MR) is 90.7 cm³/mol. The molecule has 0 saturated heterocycles. The average molecular weight is 363 g/mol. The topological polar surface area (TPSA) is 58.2 Å². The molecule has 0 amide bonds. The monoisotopic (exact) mass is 363 g/mol. The van der Waals surface area contributed by atoms with E-state index in [1.165, 1.54) is 12.1 Å². The Bertz CT molecular complexity index is 952. The normalized spacial score (nSPS) is 11.9. The summed E-state index contributed by atoms with van der Waals surface area (Å²) in [4.78, 5) is 21.1. The van der Waals surface area contributed by atoms with Crippen molar-refractivity contribution in [1.82, 2.24) is 14.9 Å². The van der Waals surface area contributed by atoms with Crippen LogP contribution in [0.4, 0.5) is 13.2 Å². The second-order valence-corrected chi connectivity index (χ2v) is 5.89. The van der Waals surface area contributed by atoms with E-state index in [1.807, 2.05) is 18.0 Å². The summed E-state index contributed by atoms with van der Waals surface area (Å²) in [5.74, 6) is 0.262. The molecule has 1 heterocycles. The fourth-order valence-electron chi connectivity index (χ4n) is 2.63. The van der Waals surface area contributed by atoms with E-state index in [2.05, 4.69) is 14.7 Å². The van der Waals surface area contributed by atoms with Crippen LogP contribution in [0, 0.1) is 0 Å². The van der Waals surface area contributed by atoms with Crippen LogP contribution in [0.15, 0.2) is 53.3 Å². The lowest BCUT2D eigenvalue weighted by Crippen LogP contribution is -2.22. The number of alkyl halides is 3. The standard InChI is InChI=1S/C18H16F3N3O2/c1-24(10-12-6-8-13(9-7-12)26-18(19,20)21)11-16-22-15-5-3-2-4-14(15)17(25)23-16/h2-9H,10-11H2,1H3,(H,22,23,25). The second-order valence-electron chi connectivity index (χ2n) is 5.89. The second kappa shape index (κ2) is 7.17. The van der Waals surface area contributed by atoms with Crippen molar-refractivity contribution in [2.24, 2.45) is 0 Å². The summed E-state index contributed by atoms with van der Waals surface area (Å²) in [6.45, 7) is 0.865. The quantitative estimate of drug-likeness (QED) is 0.754. The number of rotatable bonds is 5. The lowest BCUT2D eigenvalue weighted by Gasteiger charge is -2.16. The molecule has 26 heavy (non-hydrogen) atoms. The molecular weight excluding hydrogens is 347 g/mol. The zero-order valence-corrected chi connectivity index (χ0v) is 13.9. The molecule has 0 spiro atoms. The Labute approximate surface area is 147 Å². The minimum Gasteiger partial charge on any atom is -0.406 e. The summed E-state index contributed by atoms with van der Waals surface area (Å²) >= 11 is 0. The van der Waals surface area contributed by atoms with Gasteiger partial charge in [0.1, 0.15) is 11.6 Å². The molecule has 1 N–H and O–H groups in total. The third kappa shape index (κ3) is 4.60. The van der Waals surface area contributed by atoms with Gasteiger partial charge in [-0.25, -0.2) is 4.98 Å². The van der Waals surface area contributed by atoms with Crippen molar-refractivity contribution in [3.8, 4) is 5.75 Å². The number of benzene rings is 2. The van der Waals surface area contributed by atoms with Crippen molar-refractivity contribution >= 4 is 10.9 Å². The molecule has 136 valence electrons. The van der Waals surface area contributed by atoms with Crippen LogP contribution in [0.3, 0.4) is 0 Å². The van der Waals surface area contributed by atoms with Crippen molar-refractivity contribution in [2.45, 2.75) is 19.5 Å². The van der Waals surface area contributed by atoms with Crippen LogP contribution >= 0.6 is 0 Å². The van der Waals surface area contributed by atoms with Crippen molar-refractivity contribution < 1.29 is 17.9 Å². The molecule has 8 heteroatoms. The van der Waals surface area contributed by atoms with Crippen LogP contribution in [0.1, 0.15) is 11.4 Å². The van der Waals surface area contributed by atoms with Gasteiger partial charge in [-0.15, -0.1) is 13.2 Å². The molecule has 0 fully saturated rings. The third-order valence-corrected chi connectivity index (χ3v) is 3.69. The van der Waals surface area contributed by atoms with E-state index < -0.39 is 6.36 Å². The molecule has 0 radical (unpaired) electrons. The number of aromatic amines is 1. The molecule has 0 saturated carbocycles. The van der Waals surface area contributed by atoms with E-state index in [0.29, 0.717) is 29.8 Å². The number of hydrogen-bond acceptors (Lipinski definition) is 4. The van der Waals surface area contributed by atoms with Gasteiger partial charge in [0.2, 0.25) is 0 Å². The van der Waals surface area contributed by atoms with E-state index >= 15 is 0 Å². The fourth-order valence-corrected chi connectivity index (χ4v) is 2.63. The van der Waals surface area contributed by atoms with Crippen molar-refractivity contribution in [3.63, 3.8) is 0 Å². The van der Waals surface area contributed by atoms with Gasteiger partial charge in [-0.3, -0.25) is 9.69 Å². The Hall–Kier alpha value is -2.87. The average Bonchev–Trinajstić information content (AvgIpc) is 2.55. The molecule has 0 unspecified atom stereocenters. The van der Waals surface area contributed by atoms with Crippen molar-refractivity contribution in [2.75, 3.05) is 7.05 Å². The Kier molecular flexibility index (Phi) is 4.94. The smallest absolute Gasteiger partial charge is 0.406 e. The largest absolute Gasteiger partial charge is 0.573 e. The molecule has 0 aliphatic heterocycles. The molecule has 0 aliphatic carbocycles. The molecule has 1 aromatic heterocycles. The van der Waals surface area contributed by atoms with E-state index in [0.717, 1.165) is 5.56 Å². The molecule has 5 nitrogen and oxygen atoms in total. The number of hydrogen-bond donors (Lipinski definition) is 1. The fraction of sp³-hybridized carbons (Fsp3) is 0.222. The third-order valence-electron chi connectivity index (χ3n) is 3.69. The van der Waals surface area contributed by atoms with Gasteiger partial charge in [-0.1, -0.05) is 24.3 Å². The zero-order valence-electron chi connectivity index (χ0n) is 13.9. The first kappa shape index (κ1) is 17.9. The molecule has 2 aromatic carbocycles. The lowest BCUT2D eigenvalue weighted by atomic mass is 10.2. The summed E-state index contributed by atoms with van der Waals surface area (Å²) in [6.07, 6.45) is -4.70. The maximum Gasteiger partial charge on any atom is 0.573 e. The predicted octanol–water partition coefficient (Wildman–Crippen LogP) is 3.45. The van der Waals surface area contributed by atoms with Crippen LogP contribution in [0.25, 0.3) is 10.9 Å². The number of H-pyrrole nitrogens is 1.